The lowest BCUT2D eigenvalue weighted by molar-refractivity contribution is -0.180. The van der Waals surface area contributed by atoms with E-state index in [9.17, 15) is 9.59 Å². The molecule has 4 heteroatoms. The molecule has 1 rings (SSSR count). The van der Waals surface area contributed by atoms with Crippen LogP contribution in [0, 0.1) is 11.3 Å². The van der Waals surface area contributed by atoms with Gasteiger partial charge in [-0.2, -0.15) is 0 Å². The molecular formula is C19H28O4. The van der Waals surface area contributed by atoms with Crippen LogP contribution in [0.3, 0.4) is 0 Å². The van der Waals surface area contributed by atoms with Gasteiger partial charge in [-0.3, -0.25) is 9.59 Å². The largest absolute Gasteiger partial charge is 0.460 e. The standard InChI is InChI=1S/C19H28O4/c1-14(2)12-19(6,17(21)23-18(3,4)5)16(20)22-13-15-10-8-7-9-11-15/h7-11,14H,12-13H2,1-6H3/t19-/m0/s1. The Morgan fingerprint density at radius 1 is 1.00 bits per heavy atom. The quantitative estimate of drug-likeness (QED) is 0.584. The van der Waals surface area contributed by atoms with Gasteiger partial charge in [0.1, 0.15) is 12.2 Å². The second kappa shape index (κ2) is 7.62. The average molecular weight is 320 g/mol. The average Bonchev–Trinajstić information content (AvgIpc) is 2.43. The summed E-state index contributed by atoms with van der Waals surface area (Å²) in [6.07, 6.45) is 0.384. The maximum absolute atomic E-state index is 12.6. The zero-order chi connectivity index (χ0) is 17.7. The number of ether oxygens (including phenoxy) is 2. The summed E-state index contributed by atoms with van der Waals surface area (Å²) >= 11 is 0. The van der Waals surface area contributed by atoms with E-state index in [1.807, 2.05) is 44.2 Å². The van der Waals surface area contributed by atoms with E-state index in [-0.39, 0.29) is 12.5 Å². The first-order chi connectivity index (χ1) is 10.5. The summed E-state index contributed by atoms with van der Waals surface area (Å²) in [5.74, 6) is -0.905. The molecule has 0 spiro atoms. The lowest BCUT2D eigenvalue weighted by Gasteiger charge is -2.30. The Hall–Kier alpha value is -1.84. The molecule has 0 bridgehead atoms. The summed E-state index contributed by atoms with van der Waals surface area (Å²) in [6.45, 7) is 11.0. The molecule has 0 aliphatic heterocycles. The van der Waals surface area contributed by atoms with Crippen LogP contribution in [0.15, 0.2) is 30.3 Å². The van der Waals surface area contributed by atoms with Crippen LogP contribution >= 0.6 is 0 Å². The monoisotopic (exact) mass is 320 g/mol. The van der Waals surface area contributed by atoms with Crippen molar-refractivity contribution in [1.82, 2.24) is 0 Å². The van der Waals surface area contributed by atoms with Crippen molar-refractivity contribution in [2.75, 3.05) is 0 Å². The molecule has 1 atom stereocenters. The van der Waals surface area contributed by atoms with Gasteiger partial charge in [0.15, 0.2) is 5.41 Å². The molecule has 128 valence electrons. The van der Waals surface area contributed by atoms with Gasteiger partial charge in [0.05, 0.1) is 0 Å². The molecule has 0 saturated carbocycles. The summed E-state index contributed by atoms with van der Waals surface area (Å²) in [6, 6.07) is 9.41. The Labute approximate surface area is 139 Å². The molecule has 0 unspecified atom stereocenters. The summed E-state index contributed by atoms with van der Waals surface area (Å²) in [5.41, 5.74) is -1.05. The highest BCUT2D eigenvalue weighted by atomic mass is 16.6. The highest BCUT2D eigenvalue weighted by Crippen LogP contribution is 2.31. The van der Waals surface area contributed by atoms with Crippen molar-refractivity contribution in [2.45, 2.75) is 60.2 Å². The van der Waals surface area contributed by atoms with E-state index in [2.05, 4.69) is 0 Å². The van der Waals surface area contributed by atoms with E-state index in [1.54, 1.807) is 27.7 Å². The smallest absolute Gasteiger partial charge is 0.323 e. The molecule has 0 radical (unpaired) electrons. The molecule has 0 aliphatic rings. The van der Waals surface area contributed by atoms with E-state index < -0.39 is 23.0 Å². The predicted molar refractivity (Wildman–Crippen MR) is 89.6 cm³/mol. The summed E-state index contributed by atoms with van der Waals surface area (Å²) in [4.78, 5) is 25.1. The van der Waals surface area contributed by atoms with Gasteiger partial charge >= 0.3 is 11.9 Å². The molecule has 0 N–H and O–H groups in total. The first-order valence-corrected chi connectivity index (χ1v) is 7.99. The van der Waals surface area contributed by atoms with Gasteiger partial charge in [-0.25, -0.2) is 0 Å². The summed E-state index contributed by atoms with van der Waals surface area (Å²) < 4.78 is 10.8. The fourth-order valence-corrected chi connectivity index (χ4v) is 2.34. The van der Waals surface area contributed by atoms with Gasteiger partial charge in [0.2, 0.25) is 0 Å². The van der Waals surface area contributed by atoms with Crippen molar-refractivity contribution in [1.29, 1.82) is 0 Å². The lowest BCUT2D eigenvalue weighted by Crippen LogP contribution is -2.43. The van der Waals surface area contributed by atoms with E-state index in [0.717, 1.165) is 5.56 Å². The number of hydrogen-bond acceptors (Lipinski definition) is 4. The maximum Gasteiger partial charge on any atom is 0.323 e. The Morgan fingerprint density at radius 3 is 2.04 bits per heavy atom. The molecule has 1 aromatic carbocycles. The van der Waals surface area contributed by atoms with Crippen molar-refractivity contribution < 1.29 is 19.1 Å². The molecule has 0 fully saturated rings. The van der Waals surface area contributed by atoms with E-state index in [0.29, 0.717) is 6.42 Å². The van der Waals surface area contributed by atoms with Crippen LogP contribution in [-0.4, -0.2) is 17.5 Å². The van der Waals surface area contributed by atoms with Crippen LogP contribution in [0.5, 0.6) is 0 Å². The van der Waals surface area contributed by atoms with Crippen molar-refractivity contribution in [2.24, 2.45) is 11.3 Å². The fraction of sp³-hybridized carbons (Fsp3) is 0.579. The van der Waals surface area contributed by atoms with Crippen LogP contribution in [0.4, 0.5) is 0 Å². The molecule has 0 saturated heterocycles. The minimum Gasteiger partial charge on any atom is -0.460 e. The highest BCUT2D eigenvalue weighted by molar-refractivity contribution is 5.99. The summed E-state index contributed by atoms with van der Waals surface area (Å²) in [5, 5.41) is 0. The molecule has 1 aromatic rings. The van der Waals surface area contributed by atoms with Crippen molar-refractivity contribution in [3.8, 4) is 0 Å². The van der Waals surface area contributed by atoms with Crippen LogP contribution in [0.1, 0.15) is 53.5 Å². The molecule has 0 amide bonds. The maximum atomic E-state index is 12.6. The lowest BCUT2D eigenvalue weighted by atomic mass is 9.82. The van der Waals surface area contributed by atoms with Gasteiger partial charge in [0, 0.05) is 0 Å². The van der Waals surface area contributed by atoms with Gasteiger partial charge in [0.25, 0.3) is 0 Å². The van der Waals surface area contributed by atoms with Gasteiger partial charge in [-0.05, 0) is 45.6 Å². The Morgan fingerprint density at radius 2 is 1.57 bits per heavy atom. The third kappa shape index (κ3) is 6.05. The highest BCUT2D eigenvalue weighted by Gasteiger charge is 2.46. The molecule has 0 aromatic heterocycles. The molecular weight excluding hydrogens is 292 g/mol. The first kappa shape index (κ1) is 19.2. The number of carbonyl (C=O) groups is 2. The Balaban J connectivity index is 2.86. The van der Waals surface area contributed by atoms with Gasteiger partial charge in [-0.15, -0.1) is 0 Å². The number of rotatable bonds is 6. The number of esters is 2. The van der Waals surface area contributed by atoms with E-state index in [4.69, 9.17) is 9.47 Å². The molecule has 23 heavy (non-hydrogen) atoms. The number of benzene rings is 1. The third-order valence-corrected chi connectivity index (χ3v) is 3.33. The van der Waals surface area contributed by atoms with Gasteiger partial charge in [-0.1, -0.05) is 44.2 Å². The first-order valence-electron chi connectivity index (χ1n) is 7.99. The second-order valence-corrected chi connectivity index (χ2v) is 7.49. The SMILES string of the molecule is CC(C)C[C@@](C)(C(=O)OCc1ccccc1)C(=O)OC(C)(C)C. The Kier molecular flexibility index (Phi) is 6.37. The molecule has 4 nitrogen and oxygen atoms in total. The van der Waals surface area contributed by atoms with E-state index in [1.165, 1.54) is 0 Å². The normalized spacial score (nSPS) is 14.2. The Bertz CT molecular complexity index is 528. The van der Waals surface area contributed by atoms with Gasteiger partial charge < -0.3 is 9.47 Å². The van der Waals surface area contributed by atoms with E-state index >= 15 is 0 Å². The van der Waals surface area contributed by atoms with Crippen LogP contribution in [0.25, 0.3) is 0 Å². The zero-order valence-electron chi connectivity index (χ0n) is 15.0. The molecule has 0 aliphatic carbocycles. The summed E-state index contributed by atoms with van der Waals surface area (Å²) in [7, 11) is 0. The minimum atomic E-state index is -1.30. The fourth-order valence-electron chi connectivity index (χ4n) is 2.34. The predicted octanol–water partition coefficient (Wildman–Crippen LogP) is 4.12. The van der Waals surface area contributed by atoms with Crippen molar-refractivity contribution in [3.05, 3.63) is 35.9 Å². The number of carbonyl (C=O) groups excluding carboxylic acids is 2. The minimum absolute atomic E-state index is 0.149. The van der Waals surface area contributed by atoms with Crippen molar-refractivity contribution >= 4 is 11.9 Å². The number of hydrogen-bond donors (Lipinski definition) is 0. The second-order valence-electron chi connectivity index (χ2n) is 7.49. The topological polar surface area (TPSA) is 52.6 Å². The van der Waals surface area contributed by atoms with Crippen LogP contribution < -0.4 is 0 Å². The van der Waals surface area contributed by atoms with Crippen LogP contribution in [-0.2, 0) is 25.7 Å². The third-order valence-electron chi connectivity index (χ3n) is 3.33. The molecule has 0 heterocycles. The van der Waals surface area contributed by atoms with Crippen LogP contribution in [0.2, 0.25) is 0 Å². The van der Waals surface area contributed by atoms with Crippen molar-refractivity contribution in [3.63, 3.8) is 0 Å². The zero-order valence-corrected chi connectivity index (χ0v) is 15.0.